The van der Waals surface area contributed by atoms with Gasteiger partial charge >= 0.3 is 5.97 Å². The maximum Gasteiger partial charge on any atom is 0.365 e. The van der Waals surface area contributed by atoms with E-state index >= 15 is 0 Å². The van der Waals surface area contributed by atoms with E-state index < -0.39 is 5.97 Å². The number of para-hydroxylation sites is 2. The van der Waals surface area contributed by atoms with Crippen molar-refractivity contribution in [1.82, 2.24) is 9.13 Å². The third-order valence-electron chi connectivity index (χ3n) is 8.36. The molecule has 7 rings (SSSR count). The van der Waals surface area contributed by atoms with Crippen molar-refractivity contribution in [2.24, 2.45) is 5.16 Å². The Bertz CT molecular complexity index is 2150. The largest absolute Gasteiger partial charge is 0.365 e. The highest BCUT2D eigenvalue weighted by molar-refractivity contribution is 6.12. The summed E-state index contributed by atoms with van der Waals surface area (Å²) in [5, 5.41) is 9.15. The van der Waals surface area contributed by atoms with E-state index in [1.165, 1.54) is 43.6 Å². The maximum atomic E-state index is 12.7. The molecule has 0 atom stereocenters. The molecule has 7 aromatic rings. The number of allylic oxidation sites excluding steroid dienone is 2. The van der Waals surface area contributed by atoms with Crippen molar-refractivity contribution < 1.29 is 9.63 Å². The average molecular weight is 588 g/mol. The van der Waals surface area contributed by atoms with Gasteiger partial charge in [-0.05, 0) is 85.7 Å². The minimum atomic E-state index is -0.502. The Hall–Kier alpha value is -5.68. The molecule has 0 bridgehead atoms. The smallest absolute Gasteiger partial charge is 0.341 e. The van der Waals surface area contributed by atoms with E-state index in [0.29, 0.717) is 11.3 Å². The Labute approximate surface area is 262 Å². The number of aromatic nitrogens is 2. The highest BCUT2D eigenvalue weighted by atomic mass is 16.7. The second-order valence-corrected chi connectivity index (χ2v) is 11.0. The van der Waals surface area contributed by atoms with Crippen LogP contribution in [0.3, 0.4) is 0 Å². The van der Waals surface area contributed by atoms with Gasteiger partial charge in [0.15, 0.2) is 0 Å². The van der Waals surface area contributed by atoms with E-state index in [0.717, 1.165) is 24.2 Å². The lowest BCUT2D eigenvalue weighted by Crippen LogP contribution is -2.02. The van der Waals surface area contributed by atoms with E-state index in [1.54, 1.807) is 24.3 Å². The van der Waals surface area contributed by atoms with E-state index in [4.69, 9.17) is 4.84 Å². The van der Waals surface area contributed by atoms with Gasteiger partial charge in [-0.15, -0.1) is 0 Å². The molecule has 0 spiro atoms. The molecular formula is C40H33N3O2. The van der Waals surface area contributed by atoms with Crippen LogP contribution >= 0.6 is 0 Å². The van der Waals surface area contributed by atoms with E-state index in [2.05, 4.69) is 113 Å². The number of fused-ring (bicyclic) bond motifs is 6. The van der Waals surface area contributed by atoms with Crippen LogP contribution < -0.4 is 0 Å². The molecule has 0 saturated carbocycles. The fourth-order valence-corrected chi connectivity index (χ4v) is 6.23. The number of aryl methyl sites for hydroxylation is 2. The molecule has 0 aliphatic rings. The topological polar surface area (TPSA) is 48.5 Å². The monoisotopic (exact) mass is 587 g/mol. The lowest BCUT2D eigenvalue weighted by Gasteiger charge is -2.03. The highest BCUT2D eigenvalue weighted by Gasteiger charge is 2.11. The first kappa shape index (κ1) is 28.1. The van der Waals surface area contributed by atoms with Gasteiger partial charge < -0.3 is 14.0 Å². The molecule has 5 aromatic carbocycles. The number of oxime groups is 1. The molecule has 0 aliphatic carbocycles. The van der Waals surface area contributed by atoms with Crippen molar-refractivity contribution in [2.45, 2.75) is 26.9 Å². The molecule has 220 valence electrons. The van der Waals surface area contributed by atoms with Gasteiger partial charge in [0, 0.05) is 56.7 Å². The fraction of sp³-hybridized carbons (Fsp3) is 0.100. The average Bonchev–Trinajstić information content (AvgIpc) is 3.59. The second kappa shape index (κ2) is 12.1. The standard InChI is InChI=1S/C40H33N3O2/c1-3-42-36-16-10-8-14-32(36)34-26-28(20-24-38(34)42)18-22-31(41-45-40(44)30-12-6-5-7-13-30)23-19-29-21-25-39-35(27-29)33-15-9-11-17-37(33)43(39)4-2/h5-27H,3-4H2,1-2H3/b22-18+,23-19+. The predicted octanol–water partition coefficient (Wildman–Crippen LogP) is 9.88. The van der Waals surface area contributed by atoms with Crippen LogP contribution in [0, 0.1) is 0 Å². The van der Waals surface area contributed by atoms with Crippen molar-refractivity contribution in [3.8, 4) is 0 Å². The van der Waals surface area contributed by atoms with Gasteiger partial charge in [0.2, 0.25) is 0 Å². The Kier molecular flexibility index (Phi) is 7.58. The molecular weight excluding hydrogens is 554 g/mol. The van der Waals surface area contributed by atoms with Gasteiger partial charge in [0.05, 0.1) is 5.56 Å². The summed E-state index contributed by atoms with van der Waals surface area (Å²) >= 11 is 0. The van der Waals surface area contributed by atoms with Gasteiger partial charge in [0.25, 0.3) is 0 Å². The fourth-order valence-electron chi connectivity index (χ4n) is 6.23. The summed E-state index contributed by atoms with van der Waals surface area (Å²) in [4.78, 5) is 18.1. The van der Waals surface area contributed by atoms with Gasteiger partial charge in [-0.25, -0.2) is 4.79 Å². The number of hydrogen-bond donors (Lipinski definition) is 0. The summed E-state index contributed by atoms with van der Waals surface area (Å²) in [5.41, 5.74) is 7.91. The number of hydrogen-bond acceptors (Lipinski definition) is 3. The SMILES string of the molecule is CCn1c2ccccc2c2cc(/C=C/C(/C=C/c3ccc4c(c3)c3ccccc3n4CC)=NOC(=O)c3ccccc3)ccc21. The third-order valence-corrected chi connectivity index (χ3v) is 8.36. The van der Waals surface area contributed by atoms with Crippen molar-refractivity contribution in [2.75, 3.05) is 0 Å². The van der Waals surface area contributed by atoms with Crippen LogP contribution in [-0.2, 0) is 17.9 Å². The van der Waals surface area contributed by atoms with E-state index in [-0.39, 0.29) is 0 Å². The molecule has 0 radical (unpaired) electrons. The van der Waals surface area contributed by atoms with E-state index in [9.17, 15) is 4.79 Å². The molecule has 0 saturated heterocycles. The minimum absolute atomic E-state index is 0.448. The predicted molar refractivity (Wildman–Crippen MR) is 188 cm³/mol. The zero-order chi connectivity index (χ0) is 30.8. The normalized spacial score (nSPS) is 11.9. The van der Waals surface area contributed by atoms with Crippen LogP contribution in [0.1, 0.15) is 35.3 Å². The maximum absolute atomic E-state index is 12.7. The molecule has 5 heteroatoms. The quantitative estimate of drug-likeness (QED) is 0.101. The van der Waals surface area contributed by atoms with Crippen LogP contribution in [0.2, 0.25) is 0 Å². The number of carbonyl (C=O) groups is 1. The number of rotatable bonds is 8. The Morgan fingerprint density at radius 3 is 1.58 bits per heavy atom. The summed E-state index contributed by atoms with van der Waals surface area (Å²) in [6, 6.07) is 38.9. The van der Waals surface area contributed by atoms with Crippen LogP contribution in [0.15, 0.2) is 133 Å². The molecule has 2 aromatic heterocycles. The second-order valence-electron chi connectivity index (χ2n) is 11.0. The molecule has 0 N–H and O–H groups in total. The number of carbonyl (C=O) groups excluding carboxylic acids is 1. The molecule has 5 nitrogen and oxygen atoms in total. The van der Waals surface area contributed by atoms with Crippen molar-refractivity contribution in [3.63, 3.8) is 0 Å². The molecule has 0 aliphatic heterocycles. The van der Waals surface area contributed by atoms with E-state index in [1.807, 2.05) is 30.4 Å². The molecule has 0 amide bonds. The summed E-state index contributed by atoms with van der Waals surface area (Å²) < 4.78 is 4.68. The van der Waals surface area contributed by atoms with Crippen LogP contribution in [0.5, 0.6) is 0 Å². The van der Waals surface area contributed by atoms with Crippen molar-refractivity contribution in [3.05, 3.63) is 144 Å². The molecule has 0 unspecified atom stereocenters. The zero-order valence-electron chi connectivity index (χ0n) is 25.4. The number of nitrogens with zero attached hydrogens (tertiary/aromatic N) is 3. The Morgan fingerprint density at radius 1 is 0.600 bits per heavy atom. The van der Waals surface area contributed by atoms with Crippen molar-refractivity contribution >= 4 is 67.4 Å². The first-order chi connectivity index (χ1) is 22.1. The Balaban J connectivity index is 1.24. The van der Waals surface area contributed by atoms with Crippen LogP contribution in [0.25, 0.3) is 55.8 Å². The van der Waals surface area contributed by atoms with Crippen LogP contribution in [-0.4, -0.2) is 20.8 Å². The third kappa shape index (κ3) is 5.34. The summed E-state index contributed by atoms with van der Waals surface area (Å²) in [6.07, 6.45) is 7.79. The molecule has 45 heavy (non-hydrogen) atoms. The molecule has 0 fully saturated rings. The lowest BCUT2D eigenvalue weighted by molar-refractivity contribution is 0.0517. The van der Waals surface area contributed by atoms with Crippen molar-refractivity contribution in [1.29, 1.82) is 0 Å². The van der Waals surface area contributed by atoms with Gasteiger partial charge in [-0.2, -0.15) is 0 Å². The summed E-state index contributed by atoms with van der Waals surface area (Å²) in [5.74, 6) is -0.502. The van der Waals surface area contributed by atoms with Gasteiger partial charge in [-0.1, -0.05) is 84.0 Å². The zero-order valence-corrected chi connectivity index (χ0v) is 25.4. The first-order valence-electron chi connectivity index (χ1n) is 15.4. The summed E-state index contributed by atoms with van der Waals surface area (Å²) in [7, 11) is 0. The van der Waals surface area contributed by atoms with Gasteiger partial charge in [-0.3, -0.25) is 0 Å². The first-order valence-corrected chi connectivity index (χ1v) is 15.4. The number of benzene rings is 5. The highest BCUT2D eigenvalue weighted by Crippen LogP contribution is 2.31. The van der Waals surface area contributed by atoms with Crippen LogP contribution in [0.4, 0.5) is 0 Å². The van der Waals surface area contributed by atoms with Gasteiger partial charge in [0.1, 0.15) is 5.71 Å². The summed E-state index contributed by atoms with van der Waals surface area (Å²) in [6.45, 7) is 6.15. The molecule has 2 heterocycles. The minimum Gasteiger partial charge on any atom is -0.341 e. The lowest BCUT2D eigenvalue weighted by atomic mass is 10.1. The Morgan fingerprint density at radius 2 is 1.07 bits per heavy atom.